The van der Waals surface area contributed by atoms with Crippen LogP contribution in [-0.2, 0) is 5.60 Å². The van der Waals surface area contributed by atoms with Crippen LogP contribution in [0, 0.1) is 5.41 Å². The van der Waals surface area contributed by atoms with Gasteiger partial charge in [-0.15, -0.1) is 13.2 Å². The molecule has 1 atom stereocenters. The molecule has 6 nitrogen and oxygen atoms in total. The Morgan fingerprint density at radius 3 is 2.37 bits per heavy atom. The van der Waals surface area contributed by atoms with Gasteiger partial charge in [0, 0.05) is 42.7 Å². The summed E-state index contributed by atoms with van der Waals surface area (Å²) in [6.45, 7) is 3.17. The van der Waals surface area contributed by atoms with Crippen molar-refractivity contribution < 1.29 is 23.0 Å². The first-order valence-electron chi connectivity index (χ1n) is 9.33. The largest absolute Gasteiger partial charge is 0.573 e. The zero-order chi connectivity index (χ0) is 21.6. The number of aromatic nitrogens is 3. The summed E-state index contributed by atoms with van der Waals surface area (Å²) in [6.07, 6.45) is 1.84. The zero-order valence-electron chi connectivity index (χ0n) is 16.5. The molecule has 2 aromatic heterocycles. The molecule has 1 N–H and O–H groups in total. The van der Waals surface area contributed by atoms with Crippen LogP contribution in [0.1, 0.15) is 18.1 Å². The molecular weight excluding hydrogens is 397 g/mol. The number of rotatable bonds is 5. The molecule has 158 valence electrons. The molecule has 0 saturated carbocycles. The van der Waals surface area contributed by atoms with E-state index in [1.807, 2.05) is 14.0 Å². The van der Waals surface area contributed by atoms with Crippen LogP contribution in [-0.4, -0.2) is 51.3 Å². The van der Waals surface area contributed by atoms with Crippen molar-refractivity contribution in [3.05, 3.63) is 72.3 Å². The van der Waals surface area contributed by atoms with E-state index in [0.29, 0.717) is 29.9 Å². The fourth-order valence-corrected chi connectivity index (χ4v) is 4.31. The summed E-state index contributed by atoms with van der Waals surface area (Å²) in [7, 11) is 1.95. The van der Waals surface area contributed by atoms with Gasteiger partial charge in [0.05, 0.1) is 11.9 Å². The van der Waals surface area contributed by atoms with Crippen molar-refractivity contribution in [1.29, 1.82) is 0 Å². The predicted molar refractivity (Wildman–Crippen MR) is 103 cm³/mol. The fourth-order valence-electron chi connectivity index (χ4n) is 4.31. The van der Waals surface area contributed by atoms with Gasteiger partial charge in [0.25, 0.3) is 0 Å². The number of halogens is 3. The van der Waals surface area contributed by atoms with Crippen LogP contribution in [0.15, 0.2) is 61.2 Å². The van der Waals surface area contributed by atoms with Crippen molar-refractivity contribution in [3.8, 4) is 11.4 Å². The molecule has 3 heterocycles. The van der Waals surface area contributed by atoms with Crippen LogP contribution < -0.4 is 4.74 Å². The maximum atomic E-state index is 12.5. The minimum absolute atomic E-state index is 0.340. The van der Waals surface area contributed by atoms with Crippen molar-refractivity contribution in [2.75, 3.05) is 20.1 Å². The van der Waals surface area contributed by atoms with E-state index < -0.39 is 17.4 Å². The number of alkyl halides is 3. The molecule has 0 aliphatic carbocycles. The minimum atomic E-state index is -4.78. The van der Waals surface area contributed by atoms with Gasteiger partial charge < -0.3 is 14.7 Å². The number of hydrogen-bond donors (Lipinski definition) is 1. The van der Waals surface area contributed by atoms with Gasteiger partial charge >= 0.3 is 6.36 Å². The predicted octanol–water partition coefficient (Wildman–Crippen LogP) is 3.35. The molecule has 1 aliphatic rings. The van der Waals surface area contributed by atoms with E-state index >= 15 is 0 Å². The standard InChI is InChI=1S/C21H21F3N4O2/c1-19(13-27(2)14-19)20(29,15-4-6-18(7-5-15)30-21(22,23)24)16-10-17(12-25-11-16)28-9-3-8-26-28/h3-12,29H,13-14H2,1-2H3. The number of nitrogens with zero attached hydrogens (tertiary/aromatic N) is 4. The molecular formula is C21H21F3N4O2. The van der Waals surface area contributed by atoms with Crippen LogP contribution >= 0.6 is 0 Å². The Bertz CT molecular complexity index is 1020. The van der Waals surface area contributed by atoms with Crippen molar-refractivity contribution in [2.45, 2.75) is 18.9 Å². The summed E-state index contributed by atoms with van der Waals surface area (Å²) in [5.74, 6) is -0.340. The van der Waals surface area contributed by atoms with Gasteiger partial charge in [-0.25, -0.2) is 4.68 Å². The Balaban J connectivity index is 1.78. The second-order valence-corrected chi connectivity index (χ2v) is 7.90. The van der Waals surface area contributed by atoms with E-state index in [1.165, 1.54) is 24.3 Å². The molecule has 9 heteroatoms. The number of aliphatic hydroxyl groups is 1. The molecule has 1 saturated heterocycles. The van der Waals surface area contributed by atoms with Gasteiger partial charge in [0.1, 0.15) is 11.4 Å². The molecule has 3 aromatic rings. The number of hydrogen-bond acceptors (Lipinski definition) is 5. The maximum absolute atomic E-state index is 12.5. The van der Waals surface area contributed by atoms with E-state index in [9.17, 15) is 18.3 Å². The average Bonchev–Trinajstić information content (AvgIpc) is 3.20. The lowest BCUT2D eigenvalue weighted by Crippen LogP contribution is -2.63. The Morgan fingerprint density at radius 1 is 1.10 bits per heavy atom. The van der Waals surface area contributed by atoms with Crippen LogP contribution in [0.4, 0.5) is 13.2 Å². The number of benzene rings is 1. The number of pyridine rings is 1. The van der Waals surface area contributed by atoms with Gasteiger partial charge in [0.2, 0.25) is 0 Å². The minimum Gasteiger partial charge on any atom is -0.406 e. The normalized spacial score (nSPS) is 18.5. The second kappa shape index (κ2) is 7.10. The summed E-state index contributed by atoms with van der Waals surface area (Å²) in [4.78, 5) is 6.35. The lowest BCUT2D eigenvalue weighted by Gasteiger charge is -2.55. The highest BCUT2D eigenvalue weighted by Gasteiger charge is 2.55. The third-order valence-corrected chi connectivity index (χ3v) is 5.53. The third-order valence-electron chi connectivity index (χ3n) is 5.53. The van der Waals surface area contributed by atoms with Crippen molar-refractivity contribution >= 4 is 0 Å². The first kappa shape index (κ1) is 20.4. The highest BCUT2D eigenvalue weighted by molar-refractivity contribution is 5.44. The zero-order valence-corrected chi connectivity index (χ0v) is 16.5. The molecule has 1 aliphatic heterocycles. The lowest BCUT2D eigenvalue weighted by molar-refractivity contribution is -0.274. The van der Waals surface area contributed by atoms with Crippen molar-refractivity contribution in [2.24, 2.45) is 5.41 Å². The van der Waals surface area contributed by atoms with Gasteiger partial charge in [-0.3, -0.25) is 4.98 Å². The van der Waals surface area contributed by atoms with E-state index in [4.69, 9.17) is 0 Å². The Morgan fingerprint density at radius 2 is 1.80 bits per heavy atom. The highest BCUT2D eigenvalue weighted by atomic mass is 19.4. The van der Waals surface area contributed by atoms with Crippen LogP contribution in [0.2, 0.25) is 0 Å². The summed E-state index contributed by atoms with van der Waals surface area (Å²) in [6, 6.07) is 8.93. The molecule has 30 heavy (non-hydrogen) atoms. The average molecular weight is 418 g/mol. The molecule has 1 fully saturated rings. The fraction of sp³-hybridized carbons (Fsp3) is 0.333. The lowest BCUT2D eigenvalue weighted by atomic mass is 9.62. The van der Waals surface area contributed by atoms with Crippen LogP contribution in [0.3, 0.4) is 0 Å². The summed E-state index contributed by atoms with van der Waals surface area (Å²) in [5, 5.41) is 16.2. The van der Waals surface area contributed by atoms with E-state index in [-0.39, 0.29) is 5.75 Å². The Hall–Kier alpha value is -2.91. The van der Waals surface area contributed by atoms with Gasteiger partial charge in [0.15, 0.2) is 0 Å². The van der Waals surface area contributed by atoms with E-state index in [2.05, 4.69) is 19.7 Å². The first-order valence-corrected chi connectivity index (χ1v) is 9.33. The third kappa shape index (κ3) is 3.54. The van der Waals surface area contributed by atoms with Crippen LogP contribution in [0.25, 0.3) is 5.69 Å². The highest BCUT2D eigenvalue weighted by Crippen LogP contribution is 2.50. The molecule has 1 aromatic carbocycles. The Labute approximate surface area is 171 Å². The molecule has 0 bridgehead atoms. The van der Waals surface area contributed by atoms with Gasteiger partial charge in [-0.2, -0.15) is 5.10 Å². The van der Waals surface area contributed by atoms with E-state index in [0.717, 1.165) is 0 Å². The van der Waals surface area contributed by atoms with Crippen molar-refractivity contribution in [1.82, 2.24) is 19.7 Å². The first-order chi connectivity index (χ1) is 14.1. The topological polar surface area (TPSA) is 63.4 Å². The molecule has 0 amide bonds. The number of likely N-dealkylation sites (tertiary alicyclic amines) is 1. The smallest absolute Gasteiger partial charge is 0.406 e. The second-order valence-electron chi connectivity index (χ2n) is 7.90. The van der Waals surface area contributed by atoms with Crippen molar-refractivity contribution in [3.63, 3.8) is 0 Å². The Kier molecular flexibility index (Phi) is 4.82. The van der Waals surface area contributed by atoms with Gasteiger partial charge in [-0.05, 0) is 36.9 Å². The molecule has 0 radical (unpaired) electrons. The van der Waals surface area contributed by atoms with E-state index in [1.54, 1.807) is 41.6 Å². The van der Waals surface area contributed by atoms with Crippen LogP contribution in [0.5, 0.6) is 5.75 Å². The summed E-state index contributed by atoms with van der Waals surface area (Å²) < 4.78 is 43.2. The summed E-state index contributed by atoms with van der Waals surface area (Å²) in [5.41, 5.74) is -0.378. The summed E-state index contributed by atoms with van der Waals surface area (Å²) >= 11 is 0. The number of ether oxygens (including phenoxy) is 1. The molecule has 4 rings (SSSR count). The monoisotopic (exact) mass is 418 g/mol. The molecule has 0 spiro atoms. The van der Waals surface area contributed by atoms with Gasteiger partial charge in [-0.1, -0.05) is 19.1 Å². The molecule has 1 unspecified atom stereocenters. The maximum Gasteiger partial charge on any atom is 0.573 e. The SMILES string of the molecule is CN1CC(C)(C(O)(c2ccc(OC(F)(F)F)cc2)c2cncc(-n3cccn3)c2)C1. The quantitative estimate of drug-likeness (QED) is 0.689.